The number of aromatic nitrogens is 1. The first-order chi connectivity index (χ1) is 18.0. The number of sulfone groups is 1. The monoisotopic (exact) mass is 578 g/mol. The maximum Gasteiger partial charge on any atom is 0.435 e. The van der Waals surface area contributed by atoms with Gasteiger partial charge in [0.05, 0.1) is 4.90 Å². The van der Waals surface area contributed by atoms with Gasteiger partial charge in [0, 0.05) is 29.6 Å². The summed E-state index contributed by atoms with van der Waals surface area (Å²) in [6.07, 6.45) is -10.6. The van der Waals surface area contributed by atoms with Crippen molar-refractivity contribution in [1.29, 1.82) is 0 Å². The molecule has 208 valence electrons. The third-order valence-electron chi connectivity index (χ3n) is 6.66. The van der Waals surface area contributed by atoms with Gasteiger partial charge in [-0.15, -0.1) is 0 Å². The van der Waals surface area contributed by atoms with Crippen molar-refractivity contribution in [2.45, 2.75) is 46.5 Å². The first kappa shape index (κ1) is 28.5. The van der Waals surface area contributed by atoms with Crippen molar-refractivity contribution >= 4 is 15.7 Å². The van der Waals surface area contributed by atoms with E-state index in [2.05, 4.69) is 10.3 Å². The molecule has 1 heterocycles. The van der Waals surface area contributed by atoms with Gasteiger partial charge in [-0.2, -0.15) is 26.3 Å². The lowest BCUT2D eigenvalue weighted by Gasteiger charge is -2.47. The van der Waals surface area contributed by atoms with Crippen molar-refractivity contribution in [3.63, 3.8) is 0 Å². The highest BCUT2D eigenvalue weighted by molar-refractivity contribution is 7.92. The third-order valence-corrected chi connectivity index (χ3v) is 9.15. The summed E-state index contributed by atoms with van der Waals surface area (Å²) in [4.78, 5) is 15.9. The molecule has 1 saturated carbocycles. The second-order valence-electron chi connectivity index (χ2n) is 9.00. The van der Waals surface area contributed by atoms with Crippen LogP contribution in [0.2, 0.25) is 0 Å². The SMILES string of the molecule is O=C(N[C@H]1C[C@@](c2ccc(C(F)(C(F)(F)F)C(F)(F)F)cc2)(S(=O)(=O)c2ccc(F)cc2)C1)c1ccncc1. The maximum atomic E-state index is 14.5. The molecule has 0 atom stereocenters. The number of hydrogen-bond acceptors (Lipinski definition) is 4. The lowest BCUT2D eigenvalue weighted by molar-refractivity contribution is -0.348. The van der Waals surface area contributed by atoms with E-state index in [1.54, 1.807) is 0 Å². The zero-order valence-electron chi connectivity index (χ0n) is 19.5. The zero-order chi connectivity index (χ0) is 28.9. The average Bonchev–Trinajstić information content (AvgIpc) is 2.84. The molecule has 1 aromatic heterocycles. The summed E-state index contributed by atoms with van der Waals surface area (Å²) in [6, 6.07) is 7.55. The fraction of sp³-hybridized carbons (Fsp3) is 0.280. The van der Waals surface area contributed by atoms with E-state index in [9.17, 15) is 48.3 Å². The molecular formula is C25H18F8N2O3S. The third kappa shape index (κ3) is 4.74. The number of nitrogens with zero attached hydrogens (tertiary/aromatic N) is 1. The molecule has 39 heavy (non-hydrogen) atoms. The van der Waals surface area contributed by atoms with Crippen LogP contribution in [0.4, 0.5) is 35.1 Å². The summed E-state index contributed by atoms with van der Waals surface area (Å²) in [7, 11) is -4.44. The molecule has 1 aliphatic rings. The summed E-state index contributed by atoms with van der Waals surface area (Å²) in [5, 5.41) is 2.62. The average molecular weight is 578 g/mol. The molecule has 2 aromatic carbocycles. The van der Waals surface area contributed by atoms with Crippen molar-refractivity contribution in [3.05, 3.63) is 95.6 Å². The first-order valence-electron chi connectivity index (χ1n) is 11.2. The lowest BCUT2D eigenvalue weighted by Crippen LogP contribution is -2.57. The van der Waals surface area contributed by atoms with Crippen LogP contribution in [0, 0.1) is 5.82 Å². The van der Waals surface area contributed by atoms with Crippen molar-refractivity contribution in [2.24, 2.45) is 0 Å². The van der Waals surface area contributed by atoms with Crippen LogP contribution in [-0.2, 0) is 20.3 Å². The molecule has 0 radical (unpaired) electrons. The Labute approximate surface area is 216 Å². The standard InChI is InChI=1S/C25H18F8N2O3S/c26-18-5-7-20(8-6-18)39(37,38)22(13-19(14-22)35-21(36)15-9-11-34-12-10-15)16-1-3-17(4-2-16)23(27,24(28,29)30)25(31,32)33/h1-12,19H,13-14H2,(H,35,36)/t19-,22+. The molecule has 0 bridgehead atoms. The molecule has 14 heteroatoms. The Balaban J connectivity index is 1.73. The summed E-state index contributed by atoms with van der Waals surface area (Å²) in [5.74, 6) is -1.31. The van der Waals surface area contributed by atoms with E-state index < -0.39 is 55.9 Å². The summed E-state index contributed by atoms with van der Waals surface area (Å²) in [5.41, 5.74) is -7.48. The minimum atomic E-state index is -6.34. The highest BCUT2D eigenvalue weighted by Gasteiger charge is 2.73. The van der Waals surface area contributed by atoms with E-state index in [4.69, 9.17) is 0 Å². The first-order valence-corrected chi connectivity index (χ1v) is 12.7. The molecule has 1 aliphatic carbocycles. The second kappa shape index (κ2) is 9.57. The number of benzene rings is 2. The highest BCUT2D eigenvalue weighted by Crippen LogP contribution is 2.55. The zero-order valence-corrected chi connectivity index (χ0v) is 20.3. The van der Waals surface area contributed by atoms with Crippen molar-refractivity contribution in [2.75, 3.05) is 0 Å². The molecule has 0 aliphatic heterocycles. The van der Waals surface area contributed by atoms with Crippen LogP contribution in [0.15, 0.2) is 78.0 Å². The van der Waals surface area contributed by atoms with E-state index in [1.165, 1.54) is 24.5 Å². The van der Waals surface area contributed by atoms with Crippen molar-refractivity contribution < 1.29 is 48.3 Å². The Morgan fingerprint density at radius 1 is 0.821 bits per heavy atom. The van der Waals surface area contributed by atoms with Gasteiger partial charge in [0.15, 0.2) is 9.84 Å². The number of alkyl halides is 7. The molecule has 1 amide bonds. The summed E-state index contributed by atoms with van der Waals surface area (Å²) >= 11 is 0. The predicted octanol–water partition coefficient (Wildman–Crippen LogP) is 5.77. The number of halogens is 8. The Morgan fingerprint density at radius 2 is 1.33 bits per heavy atom. The van der Waals surface area contributed by atoms with Crippen LogP contribution < -0.4 is 5.32 Å². The van der Waals surface area contributed by atoms with Crippen LogP contribution in [0.5, 0.6) is 0 Å². The predicted molar refractivity (Wildman–Crippen MR) is 121 cm³/mol. The maximum absolute atomic E-state index is 14.5. The molecule has 1 fully saturated rings. The molecule has 1 N–H and O–H groups in total. The van der Waals surface area contributed by atoms with Gasteiger partial charge in [0.2, 0.25) is 0 Å². The van der Waals surface area contributed by atoms with Gasteiger partial charge < -0.3 is 5.32 Å². The number of nitrogens with one attached hydrogen (secondary N) is 1. The molecule has 0 saturated heterocycles. The fourth-order valence-electron chi connectivity index (χ4n) is 4.55. The molecule has 0 spiro atoms. The van der Waals surface area contributed by atoms with Gasteiger partial charge in [0.1, 0.15) is 10.6 Å². The van der Waals surface area contributed by atoms with Gasteiger partial charge in [-0.1, -0.05) is 24.3 Å². The fourth-order valence-corrected chi connectivity index (χ4v) is 6.78. The largest absolute Gasteiger partial charge is 0.435 e. The number of rotatable bonds is 6. The minimum Gasteiger partial charge on any atom is -0.349 e. The Bertz CT molecular complexity index is 1440. The molecule has 4 rings (SSSR count). The van der Waals surface area contributed by atoms with Crippen LogP contribution in [0.3, 0.4) is 0 Å². The quantitative estimate of drug-likeness (QED) is 0.298. The number of hydrogen-bond donors (Lipinski definition) is 1. The number of carbonyl (C=O) groups is 1. The van der Waals surface area contributed by atoms with Gasteiger partial charge in [-0.25, -0.2) is 17.2 Å². The van der Waals surface area contributed by atoms with Crippen LogP contribution in [-0.4, -0.2) is 37.7 Å². The molecular weight excluding hydrogens is 560 g/mol. The molecule has 3 aromatic rings. The Hall–Kier alpha value is -3.55. The van der Waals surface area contributed by atoms with E-state index in [1.807, 2.05) is 0 Å². The minimum absolute atomic E-state index is 0.215. The van der Waals surface area contributed by atoms with E-state index in [0.29, 0.717) is 12.1 Å². The van der Waals surface area contributed by atoms with Gasteiger partial charge >= 0.3 is 18.0 Å². The Morgan fingerprint density at radius 3 is 1.82 bits per heavy atom. The number of carbonyl (C=O) groups excluding carboxylic acids is 1. The van der Waals surface area contributed by atoms with Gasteiger partial charge in [-0.05, 0) is 54.8 Å². The van der Waals surface area contributed by atoms with Crippen LogP contribution in [0.1, 0.15) is 34.3 Å². The van der Waals surface area contributed by atoms with Crippen molar-refractivity contribution in [3.8, 4) is 0 Å². The highest BCUT2D eigenvalue weighted by atomic mass is 32.2. The molecule has 0 unspecified atom stereocenters. The second-order valence-corrected chi connectivity index (χ2v) is 11.3. The normalized spacial score (nSPS) is 20.3. The lowest BCUT2D eigenvalue weighted by atomic mass is 9.74. The molecule has 5 nitrogen and oxygen atoms in total. The van der Waals surface area contributed by atoms with Crippen LogP contribution >= 0.6 is 0 Å². The topological polar surface area (TPSA) is 76.1 Å². The van der Waals surface area contributed by atoms with Crippen molar-refractivity contribution in [1.82, 2.24) is 10.3 Å². The van der Waals surface area contributed by atoms with Gasteiger partial charge in [-0.3, -0.25) is 9.78 Å². The van der Waals surface area contributed by atoms with E-state index in [-0.39, 0.29) is 41.0 Å². The smallest absolute Gasteiger partial charge is 0.349 e. The summed E-state index contributed by atoms with van der Waals surface area (Å²) < 4.78 is 133. The number of pyridine rings is 1. The van der Waals surface area contributed by atoms with E-state index >= 15 is 0 Å². The number of amides is 1. The van der Waals surface area contributed by atoms with Gasteiger partial charge in [0.25, 0.3) is 5.91 Å². The van der Waals surface area contributed by atoms with Crippen LogP contribution in [0.25, 0.3) is 0 Å². The summed E-state index contributed by atoms with van der Waals surface area (Å²) in [6.45, 7) is 0. The Kier molecular flexibility index (Phi) is 6.99. The van der Waals surface area contributed by atoms with E-state index in [0.717, 1.165) is 24.3 Å².